The van der Waals surface area contributed by atoms with E-state index in [9.17, 15) is 44.7 Å². The molecule has 0 heterocycles. The Kier molecular flexibility index (Phi) is 24.5. The van der Waals surface area contributed by atoms with Crippen molar-refractivity contribution in [3.63, 3.8) is 0 Å². The molecule has 12 heteroatoms. The summed E-state index contributed by atoms with van der Waals surface area (Å²) < 4.78 is 13.6. The fourth-order valence-electron chi connectivity index (χ4n) is 15.4. The molecule has 6 saturated carbocycles. The van der Waals surface area contributed by atoms with Crippen LogP contribution in [-0.4, -0.2) is 102 Å². The molecule has 6 fully saturated rings. The molecule has 0 aliphatic heterocycles. The summed E-state index contributed by atoms with van der Waals surface area (Å²) in [6.07, 6.45) is 19.3. The molecule has 0 aromatic carbocycles. The number of rotatable bonds is 17. The van der Waals surface area contributed by atoms with Crippen molar-refractivity contribution >= 4 is 24.2 Å². The molecular formula is C58H98O12. The summed E-state index contributed by atoms with van der Waals surface area (Å²) in [4.78, 5) is 43.9. The maximum absolute atomic E-state index is 11.4. The van der Waals surface area contributed by atoms with Gasteiger partial charge in [-0.2, -0.15) is 0 Å². The normalized spacial score (nSPS) is 35.0. The van der Waals surface area contributed by atoms with Crippen LogP contribution in [-0.2, 0) is 33.4 Å². The standard InChI is InChI=1S/2C19H32O4.C14H24O2.C6H10O2/c2*1-12(10-14(20)11-13(2)18(22)23-4)15-7-8-16-17(21)6-5-9-19(15,16)3;1-10(7-9-15)11-5-6-12-13(16)4-3-8-14(11,12)2;1-4-5(2)6(7)8-3/h2*12,14-17,20-21H,2,5-11H2,1,3-4H3;9-13,16H,3-8H2,1-2H3;2,4H2,1,3H3/t2*12-,14?,15-,16?,17?,19-;10-,11-,12?,13?,14-;/m111./s1. The van der Waals surface area contributed by atoms with Crippen molar-refractivity contribution in [1.29, 1.82) is 0 Å². The molecule has 8 unspecified atom stereocenters. The lowest BCUT2D eigenvalue weighted by atomic mass is 9.61. The van der Waals surface area contributed by atoms with E-state index in [1.807, 2.05) is 6.92 Å². The average Bonchev–Trinajstić information content (AvgIpc) is 3.99. The number of hydrogen-bond acceptors (Lipinski definition) is 12. The van der Waals surface area contributed by atoms with Crippen molar-refractivity contribution in [2.24, 2.45) is 69.5 Å². The molecule has 0 saturated heterocycles. The molecule has 5 N–H and O–H groups in total. The van der Waals surface area contributed by atoms with E-state index in [-0.39, 0.29) is 48.0 Å². The lowest BCUT2D eigenvalue weighted by Crippen LogP contribution is -2.41. The summed E-state index contributed by atoms with van der Waals surface area (Å²) in [7, 11) is 4.01. The Morgan fingerprint density at radius 2 is 0.843 bits per heavy atom. The molecule has 0 radical (unpaired) electrons. The number of carbonyl (C=O) groups excluding carboxylic acids is 4. The number of fused-ring (bicyclic) bond motifs is 3. The number of methoxy groups -OCH3 is 3. The van der Waals surface area contributed by atoms with E-state index in [4.69, 9.17) is 0 Å². The summed E-state index contributed by atoms with van der Waals surface area (Å²) in [5, 5.41) is 51.4. The minimum Gasteiger partial charge on any atom is -0.466 e. The lowest BCUT2D eigenvalue weighted by Gasteiger charge is -2.45. The van der Waals surface area contributed by atoms with E-state index >= 15 is 0 Å². The van der Waals surface area contributed by atoms with Gasteiger partial charge in [0.1, 0.15) is 6.29 Å². The number of esters is 3. The molecule has 6 aliphatic carbocycles. The fraction of sp³-hybridized carbons (Fsp3) is 0.828. The van der Waals surface area contributed by atoms with Crippen LogP contribution in [0.5, 0.6) is 0 Å². The highest BCUT2D eigenvalue weighted by Crippen LogP contribution is 2.60. The van der Waals surface area contributed by atoms with Gasteiger partial charge in [0.05, 0.1) is 51.8 Å². The molecule has 12 nitrogen and oxygen atoms in total. The molecule has 17 atom stereocenters. The summed E-state index contributed by atoms with van der Waals surface area (Å²) in [6, 6.07) is 0. The molecule has 0 bridgehead atoms. The van der Waals surface area contributed by atoms with Gasteiger partial charge >= 0.3 is 17.9 Å². The highest BCUT2D eigenvalue weighted by Gasteiger charge is 2.54. The second kappa shape index (κ2) is 28.0. The average molecular weight is 987 g/mol. The van der Waals surface area contributed by atoms with Crippen molar-refractivity contribution in [3.05, 3.63) is 36.5 Å². The first-order valence-corrected chi connectivity index (χ1v) is 27.0. The largest absolute Gasteiger partial charge is 0.466 e. The van der Waals surface area contributed by atoms with E-state index in [1.165, 1.54) is 47.0 Å². The van der Waals surface area contributed by atoms with Crippen LogP contribution in [0, 0.1) is 69.5 Å². The van der Waals surface area contributed by atoms with E-state index in [0.29, 0.717) is 101 Å². The van der Waals surface area contributed by atoms with Gasteiger partial charge in [0.25, 0.3) is 0 Å². The van der Waals surface area contributed by atoms with Crippen LogP contribution in [0.15, 0.2) is 36.5 Å². The molecule has 70 heavy (non-hydrogen) atoms. The minimum atomic E-state index is -0.562. The molecule has 0 aromatic rings. The van der Waals surface area contributed by atoms with Crippen molar-refractivity contribution in [1.82, 2.24) is 0 Å². The zero-order chi connectivity index (χ0) is 52.7. The summed E-state index contributed by atoms with van der Waals surface area (Å²) >= 11 is 0. The fourth-order valence-corrected chi connectivity index (χ4v) is 15.4. The lowest BCUT2D eigenvalue weighted by molar-refractivity contribution is -0.137. The van der Waals surface area contributed by atoms with Crippen LogP contribution in [0.25, 0.3) is 0 Å². The Balaban J connectivity index is 0.000000261. The number of carbonyl (C=O) groups is 4. The zero-order valence-corrected chi connectivity index (χ0v) is 45.2. The Morgan fingerprint density at radius 1 is 0.543 bits per heavy atom. The van der Waals surface area contributed by atoms with E-state index in [1.54, 1.807) is 0 Å². The van der Waals surface area contributed by atoms with Gasteiger partial charge in [-0.25, -0.2) is 14.4 Å². The van der Waals surface area contributed by atoms with Crippen LogP contribution < -0.4 is 0 Å². The smallest absolute Gasteiger partial charge is 0.333 e. The molecule has 402 valence electrons. The quantitative estimate of drug-likeness (QED) is 0.0401. The number of hydrogen-bond donors (Lipinski definition) is 5. The van der Waals surface area contributed by atoms with Crippen molar-refractivity contribution in [2.75, 3.05) is 21.3 Å². The predicted molar refractivity (Wildman–Crippen MR) is 275 cm³/mol. The first-order chi connectivity index (χ1) is 32.9. The topological polar surface area (TPSA) is 197 Å². The maximum atomic E-state index is 11.4. The van der Waals surface area contributed by atoms with Crippen LogP contribution in [0.4, 0.5) is 0 Å². The maximum Gasteiger partial charge on any atom is 0.333 e. The second-order valence-corrected chi connectivity index (χ2v) is 23.4. The Bertz CT molecular complexity index is 1630. The zero-order valence-electron chi connectivity index (χ0n) is 45.2. The third-order valence-corrected chi connectivity index (χ3v) is 19.1. The first-order valence-electron chi connectivity index (χ1n) is 27.0. The summed E-state index contributed by atoms with van der Waals surface area (Å²) in [6.45, 7) is 26.3. The second-order valence-electron chi connectivity index (χ2n) is 23.4. The van der Waals surface area contributed by atoms with Crippen molar-refractivity contribution in [3.8, 4) is 0 Å². The van der Waals surface area contributed by atoms with Gasteiger partial charge in [-0.05, 0) is 166 Å². The molecule has 6 rings (SSSR count). The predicted octanol–water partition coefficient (Wildman–Crippen LogP) is 10.1. The van der Waals surface area contributed by atoms with E-state index in [0.717, 1.165) is 76.9 Å². The molecule has 0 spiro atoms. The first kappa shape index (κ1) is 61.4. The Labute approximate surface area is 422 Å². The summed E-state index contributed by atoms with van der Waals surface area (Å²) in [5.41, 5.74) is 1.85. The van der Waals surface area contributed by atoms with Crippen LogP contribution in [0.2, 0.25) is 0 Å². The third kappa shape index (κ3) is 15.3. The minimum absolute atomic E-state index is 0.0906. The van der Waals surface area contributed by atoms with Crippen molar-refractivity contribution < 1.29 is 58.9 Å². The van der Waals surface area contributed by atoms with Gasteiger partial charge in [-0.3, -0.25) is 0 Å². The van der Waals surface area contributed by atoms with E-state index < -0.39 is 24.1 Å². The molecule has 0 amide bonds. The molecule has 6 aliphatic rings. The molecular weight excluding hydrogens is 889 g/mol. The number of ether oxygens (including phenoxy) is 3. The van der Waals surface area contributed by atoms with E-state index in [2.05, 4.69) is 75.5 Å². The third-order valence-electron chi connectivity index (χ3n) is 19.1. The van der Waals surface area contributed by atoms with Gasteiger partial charge in [0.2, 0.25) is 0 Å². The monoisotopic (exact) mass is 987 g/mol. The highest BCUT2D eigenvalue weighted by molar-refractivity contribution is 5.88. The Morgan fingerprint density at radius 3 is 1.11 bits per heavy atom. The van der Waals surface area contributed by atoms with Gasteiger partial charge in [-0.15, -0.1) is 0 Å². The number of aliphatic hydroxyl groups is 5. The van der Waals surface area contributed by atoms with Gasteiger partial charge < -0.3 is 44.5 Å². The SMILES string of the molecule is C=C(CC(O)C[C@@H](C)[C@H]1CCC2C(O)CCC[C@@]21C)C(=O)OC.C=C(CC(O)C[C@@H](C)[C@H]1CCC2C(O)CCC[C@@]21C)C(=O)OC.C=C(CC)C(=O)OC.C[C@H](CC=O)[C@H]1CCC2C(O)CCC[C@@]21C. The van der Waals surface area contributed by atoms with Crippen molar-refractivity contribution in [2.45, 2.75) is 214 Å². The highest BCUT2D eigenvalue weighted by atomic mass is 16.5. The Hall–Kier alpha value is -2.90. The van der Waals surface area contributed by atoms with Crippen LogP contribution in [0.1, 0.15) is 183 Å². The van der Waals surface area contributed by atoms with Gasteiger partial charge in [0.15, 0.2) is 0 Å². The van der Waals surface area contributed by atoms with Crippen LogP contribution >= 0.6 is 0 Å². The number of aliphatic hydroxyl groups excluding tert-OH is 5. The number of aldehydes is 1. The van der Waals surface area contributed by atoms with Crippen LogP contribution in [0.3, 0.4) is 0 Å². The van der Waals surface area contributed by atoms with Gasteiger partial charge in [-0.1, -0.05) is 87.5 Å². The molecule has 0 aromatic heterocycles. The van der Waals surface area contributed by atoms with Gasteiger partial charge in [0, 0.05) is 36.0 Å². The summed E-state index contributed by atoms with van der Waals surface area (Å²) in [5.74, 6) is 3.03.